The second-order valence-corrected chi connectivity index (χ2v) is 18.4. The number of ketones is 1. The van der Waals surface area contributed by atoms with E-state index in [-0.39, 0.29) is 73.4 Å². The van der Waals surface area contributed by atoms with Crippen LogP contribution in [0.4, 0.5) is 18.9 Å². The molecular formula is C49H51F3N6O14S. The molecule has 0 bridgehead atoms. The fourth-order valence-electron chi connectivity index (χ4n) is 8.13. The summed E-state index contributed by atoms with van der Waals surface area (Å²) in [4.78, 5) is 71.3. The van der Waals surface area contributed by atoms with Gasteiger partial charge >= 0.3 is 10.2 Å². The van der Waals surface area contributed by atoms with E-state index < -0.39 is 81.3 Å². The Bertz CT molecular complexity index is 2940. The molecule has 3 aromatic carbocycles. The number of fused-ring (bicyclic) bond motifs is 2. The number of amides is 4. The van der Waals surface area contributed by atoms with Crippen molar-refractivity contribution in [3.8, 4) is 22.6 Å². The van der Waals surface area contributed by atoms with Crippen LogP contribution in [0.3, 0.4) is 0 Å². The number of pyridine rings is 1. The number of nitrogens with one attached hydrogen (secondary N) is 3. The first-order valence-corrected chi connectivity index (χ1v) is 24.7. The van der Waals surface area contributed by atoms with Gasteiger partial charge in [0.1, 0.15) is 48.4 Å². The lowest BCUT2D eigenvalue weighted by atomic mass is 10.00. The summed E-state index contributed by atoms with van der Waals surface area (Å²) in [5.74, 6) is -5.03. The molecule has 3 N–H and O–H groups in total. The summed E-state index contributed by atoms with van der Waals surface area (Å²) in [5.41, 5.74) is 0.175. The molecule has 2 fully saturated rings. The van der Waals surface area contributed by atoms with E-state index >= 15 is 8.78 Å². The van der Waals surface area contributed by atoms with Crippen molar-refractivity contribution >= 4 is 56.3 Å². The first-order valence-electron chi connectivity index (χ1n) is 23.3. The molecule has 0 radical (unpaired) electrons. The van der Waals surface area contributed by atoms with Crippen LogP contribution in [-0.2, 0) is 43.5 Å². The predicted octanol–water partition coefficient (Wildman–Crippen LogP) is 4.38. The van der Waals surface area contributed by atoms with E-state index in [1.54, 1.807) is 42.6 Å². The quantitative estimate of drug-likeness (QED) is 0.0376. The largest absolute Gasteiger partial charge is 0.491 e. The van der Waals surface area contributed by atoms with Crippen LogP contribution in [0, 0.1) is 11.6 Å². The van der Waals surface area contributed by atoms with Crippen LogP contribution in [-0.4, -0.2) is 162 Å². The van der Waals surface area contributed by atoms with Gasteiger partial charge in [0, 0.05) is 48.4 Å². The molecule has 3 aliphatic heterocycles. The maximum atomic E-state index is 15.7. The van der Waals surface area contributed by atoms with Gasteiger partial charge in [0.05, 0.1) is 88.4 Å². The minimum Gasteiger partial charge on any atom is -0.491 e. The summed E-state index contributed by atoms with van der Waals surface area (Å²) in [6.45, 7) is 3.32. The van der Waals surface area contributed by atoms with Crippen LogP contribution in [0.15, 0.2) is 73.1 Å². The van der Waals surface area contributed by atoms with E-state index in [1.807, 2.05) is 4.72 Å². The van der Waals surface area contributed by atoms with Crippen LogP contribution >= 0.6 is 0 Å². The summed E-state index contributed by atoms with van der Waals surface area (Å²) >= 11 is 0. The molecule has 4 amide bonds. The maximum Gasteiger partial charge on any atom is 0.301 e. The Labute approximate surface area is 416 Å². The normalized spacial score (nSPS) is 17.1. The van der Waals surface area contributed by atoms with E-state index in [0.29, 0.717) is 82.1 Å². The Hall–Kier alpha value is -6.80. The minimum absolute atomic E-state index is 0.0117. The van der Waals surface area contributed by atoms with E-state index in [0.717, 1.165) is 21.3 Å². The number of anilines is 1. The monoisotopic (exact) mass is 1040 g/mol. The Morgan fingerprint density at radius 3 is 1.95 bits per heavy atom. The van der Waals surface area contributed by atoms with Gasteiger partial charge in [-0.2, -0.15) is 12.7 Å². The van der Waals surface area contributed by atoms with Crippen molar-refractivity contribution < 1.29 is 78.7 Å². The maximum absolute atomic E-state index is 15.7. The third-order valence-electron chi connectivity index (χ3n) is 11.8. The Morgan fingerprint density at radius 2 is 1.33 bits per heavy atom. The number of rotatable bonds is 27. The zero-order valence-electron chi connectivity index (χ0n) is 39.2. The summed E-state index contributed by atoms with van der Waals surface area (Å²) in [7, 11) is -4.37. The fraction of sp³-hybridized carbons (Fsp3) is 0.388. The molecule has 2 aromatic heterocycles. The third kappa shape index (κ3) is 12.9. The molecule has 8 rings (SSSR count). The lowest BCUT2D eigenvalue weighted by molar-refractivity contribution is -0.136. The molecule has 73 heavy (non-hydrogen) atoms. The molecule has 0 spiro atoms. The molecule has 5 aromatic rings. The van der Waals surface area contributed by atoms with Gasteiger partial charge < -0.3 is 38.1 Å². The molecule has 5 heterocycles. The smallest absolute Gasteiger partial charge is 0.301 e. The van der Waals surface area contributed by atoms with Crippen LogP contribution in [0.25, 0.3) is 22.2 Å². The van der Waals surface area contributed by atoms with Gasteiger partial charge in [-0.25, -0.2) is 18.2 Å². The van der Waals surface area contributed by atoms with Crippen molar-refractivity contribution in [3.05, 3.63) is 107 Å². The van der Waals surface area contributed by atoms with E-state index in [1.165, 1.54) is 18.3 Å². The SMILES string of the molecule is O=C1CCC(N2C(=O)c3ccc(OCCOCCOCCOCCOCCOCCOc4ccc(-c5cnc6[nH]cc(C(=O)c7c(F)ccc(NS(=O)(=O)N8CC[C@@H](F)C8)c7F)c6c5)cc4)cc3C2=O)C(=O)N1. The summed E-state index contributed by atoms with van der Waals surface area (Å²) in [6.07, 6.45) is 1.58. The number of hydrogen-bond donors (Lipinski definition) is 3. The second kappa shape index (κ2) is 24.3. The highest BCUT2D eigenvalue weighted by molar-refractivity contribution is 7.90. The van der Waals surface area contributed by atoms with Gasteiger partial charge in [0.25, 0.3) is 11.8 Å². The van der Waals surface area contributed by atoms with Crippen LogP contribution in [0.2, 0.25) is 0 Å². The number of hydrogen-bond acceptors (Lipinski definition) is 15. The molecule has 24 heteroatoms. The molecule has 2 atom stereocenters. The van der Waals surface area contributed by atoms with E-state index in [9.17, 15) is 36.8 Å². The van der Waals surface area contributed by atoms with Gasteiger partial charge in [0.2, 0.25) is 17.6 Å². The van der Waals surface area contributed by atoms with Crippen LogP contribution < -0.4 is 19.5 Å². The van der Waals surface area contributed by atoms with E-state index in [2.05, 4.69) is 15.3 Å². The summed E-state index contributed by atoms with van der Waals surface area (Å²) in [5, 5.41) is 2.45. The molecule has 388 valence electrons. The zero-order valence-corrected chi connectivity index (χ0v) is 40.0. The third-order valence-corrected chi connectivity index (χ3v) is 13.3. The average Bonchev–Trinajstić information content (AvgIpc) is 4.08. The van der Waals surface area contributed by atoms with Crippen molar-refractivity contribution in [1.29, 1.82) is 0 Å². The van der Waals surface area contributed by atoms with Crippen molar-refractivity contribution in [3.63, 3.8) is 0 Å². The van der Waals surface area contributed by atoms with Crippen molar-refractivity contribution in [1.82, 2.24) is 24.5 Å². The van der Waals surface area contributed by atoms with Crippen LogP contribution in [0.5, 0.6) is 11.5 Å². The number of ether oxygens (including phenoxy) is 7. The standard InChI is InChI=1S/C49H51F3N6O14S/c50-32-11-12-57(29-32)73(64,65)56-40-8-7-39(51)43(44(40)52)45(60)38-28-54-46-36(38)25-31(27-53-46)30-1-3-33(4-2-30)71-23-21-69-19-17-67-15-13-66-14-16-68-18-20-70-22-24-72-34-5-6-35-37(26-34)49(63)58(48(35)62)41-9-10-42(59)55-47(41)61/h1-8,25-28,32,41,56H,9-24,29H2,(H,53,54)(H,55,59,61)/t32-,41?/m1/s1. The molecular weight excluding hydrogens is 986 g/mol. The highest BCUT2D eigenvalue weighted by Crippen LogP contribution is 2.33. The second-order valence-electron chi connectivity index (χ2n) is 16.7. The summed E-state index contributed by atoms with van der Waals surface area (Å²) in [6, 6.07) is 13.8. The van der Waals surface area contributed by atoms with E-state index in [4.69, 9.17) is 33.2 Å². The first kappa shape index (κ1) is 52.5. The van der Waals surface area contributed by atoms with Gasteiger partial charge in [0.15, 0.2) is 5.82 Å². The molecule has 3 aliphatic rings. The van der Waals surface area contributed by atoms with Gasteiger partial charge in [-0.3, -0.25) is 38.9 Å². The molecule has 0 aliphatic carbocycles. The highest BCUT2D eigenvalue weighted by atomic mass is 32.2. The van der Waals surface area contributed by atoms with Crippen molar-refractivity contribution in [2.75, 3.05) is 97.1 Å². The molecule has 2 saturated heterocycles. The number of imide groups is 2. The lowest BCUT2D eigenvalue weighted by Gasteiger charge is -2.27. The van der Waals surface area contributed by atoms with Gasteiger partial charge in [-0.15, -0.1) is 0 Å². The molecule has 20 nitrogen and oxygen atoms in total. The Kier molecular flexibility index (Phi) is 17.5. The van der Waals surface area contributed by atoms with Crippen molar-refractivity contribution in [2.45, 2.75) is 31.5 Å². The lowest BCUT2D eigenvalue weighted by Crippen LogP contribution is -2.54. The van der Waals surface area contributed by atoms with Crippen LogP contribution in [0.1, 0.15) is 55.9 Å². The number of aromatic nitrogens is 2. The number of carbonyl (C=O) groups excluding carboxylic acids is 5. The molecule has 0 saturated carbocycles. The predicted molar refractivity (Wildman–Crippen MR) is 253 cm³/mol. The summed E-state index contributed by atoms with van der Waals surface area (Å²) < 4.78 is 112. The van der Waals surface area contributed by atoms with Gasteiger partial charge in [-0.05, 0) is 66.9 Å². The average molecular weight is 1040 g/mol. The number of H-pyrrole nitrogens is 1. The minimum atomic E-state index is -4.37. The van der Waals surface area contributed by atoms with Gasteiger partial charge in [-0.1, -0.05) is 12.1 Å². The Morgan fingerprint density at radius 1 is 0.726 bits per heavy atom. The number of aromatic amines is 1. The highest BCUT2D eigenvalue weighted by Gasteiger charge is 2.45. The first-order chi connectivity index (χ1) is 35.3. The number of carbonyl (C=O) groups is 5. The number of piperidine rings is 1. The number of alkyl halides is 1. The number of nitrogens with zero attached hydrogens (tertiary/aromatic N) is 3. The Balaban J connectivity index is 0.651. The van der Waals surface area contributed by atoms with Crippen molar-refractivity contribution in [2.24, 2.45) is 0 Å². The zero-order chi connectivity index (χ0) is 51.5. The fourth-order valence-corrected chi connectivity index (χ4v) is 9.40. The molecule has 1 unspecified atom stereocenters. The topological polar surface area (TPSA) is 243 Å². The number of benzene rings is 3. The number of halogens is 3.